The van der Waals surface area contributed by atoms with E-state index in [1.807, 2.05) is 24.3 Å². The van der Waals surface area contributed by atoms with Crippen molar-refractivity contribution in [2.24, 2.45) is 0 Å². The highest BCUT2D eigenvalue weighted by atomic mass is 19.1. The van der Waals surface area contributed by atoms with Crippen molar-refractivity contribution in [3.63, 3.8) is 0 Å². The minimum atomic E-state index is -0.358. The molecule has 5 rings (SSSR count). The van der Waals surface area contributed by atoms with Crippen molar-refractivity contribution in [2.45, 2.75) is 12.5 Å². The lowest BCUT2D eigenvalue weighted by Gasteiger charge is -2.39. The van der Waals surface area contributed by atoms with Crippen LogP contribution in [-0.2, 0) is 11.2 Å². The number of benzene rings is 2. The van der Waals surface area contributed by atoms with Crippen molar-refractivity contribution in [1.29, 1.82) is 0 Å². The molecule has 7 nitrogen and oxygen atoms in total. The van der Waals surface area contributed by atoms with Gasteiger partial charge in [-0.1, -0.05) is 23.4 Å². The van der Waals surface area contributed by atoms with E-state index in [0.717, 1.165) is 11.1 Å². The lowest BCUT2D eigenvalue weighted by molar-refractivity contribution is -0.139. The third kappa shape index (κ3) is 4.20. The number of amides is 1. The fourth-order valence-electron chi connectivity index (χ4n) is 3.46. The summed E-state index contributed by atoms with van der Waals surface area (Å²) in [6, 6.07) is 17.3. The standard InChI is InChI=1S/C24H19FN4O3/c25-21-4-2-1-3-18(21)13-22(30)29-14-20(15-29)31-19-7-5-16(6-8-19)23-27-24(32-28-23)17-9-11-26-12-10-17/h1-12,20H,13-15H2. The van der Waals surface area contributed by atoms with E-state index in [-0.39, 0.29) is 24.2 Å². The van der Waals surface area contributed by atoms with Gasteiger partial charge >= 0.3 is 0 Å². The first-order chi connectivity index (χ1) is 15.7. The number of hydrogen-bond acceptors (Lipinski definition) is 6. The highest BCUT2D eigenvalue weighted by molar-refractivity contribution is 5.79. The first kappa shape index (κ1) is 19.9. The molecule has 160 valence electrons. The molecule has 2 aromatic heterocycles. The molecule has 32 heavy (non-hydrogen) atoms. The summed E-state index contributed by atoms with van der Waals surface area (Å²) < 4.78 is 25.0. The quantitative estimate of drug-likeness (QED) is 0.463. The van der Waals surface area contributed by atoms with E-state index in [1.165, 1.54) is 6.07 Å². The second-order valence-corrected chi connectivity index (χ2v) is 7.49. The molecule has 8 heteroatoms. The van der Waals surface area contributed by atoms with Crippen molar-refractivity contribution < 1.29 is 18.4 Å². The van der Waals surface area contributed by atoms with Gasteiger partial charge in [-0.3, -0.25) is 9.78 Å². The summed E-state index contributed by atoms with van der Waals surface area (Å²) in [5, 5.41) is 4.03. The molecule has 2 aromatic carbocycles. The van der Waals surface area contributed by atoms with E-state index in [0.29, 0.717) is 36.1 Å². The molecule has 1 aliphatic heterocycles. The van der Waals surface area contributed by atoms with E-state index >= 15 is 0 Å². The molecule has 1 fully saturated rings. The first-order valence-electron chi connectivity index (χ1n) is 10.2. The summed E-state index contributed by atoms with van der Waals surface area (Å²) >= 11 is 0. The van der Waals surface area contributed by atoms with Crippen LogP contribution < -0.4 is 4.74 Å². The van der Waals surface area contributed by atoms with Gasteiger partial charge in [-0.2, -0.15) is 4.98 Å². The van der Waals surface area contributed by atoms with Gasteiger partial charge in [0.25, 0.3) is 5.89 Å². The van der Waals surface area contributed by atoms with E-state index in [1.54, 1.807) is 47.6 Å². The predicted octanol–water partition coefficient (Wildman–Crippen LogP) is 3.77. The van der Waals surface area contributed by atoms with Crippen molar-refractivity contribution in [1.82, 2.24) is 20.0 Å². The Morgan fingerprint density at radius 2 is 1.78 bits per heavy atom. The van der Waals surface area contributed by atoms with E-state index in [9.17, 15) is 9.18 Å². The number of hydrogen-bond donors (Lipinski definition) is 0. The number of ether oxygens (including phenoxy) is 1. The van der Waals surface area contributed by atoms with Gasteiger partial charge in [-0.25, -0.2) is 4.39 Å². The van der Waals surface area contributed by atoms with Gasteiger partial charge in [0, 0.05) is 23.5 Å². The maximum atomic E-state index is 13.7. The summed E-state index contributed by atoms with van der Waals surface area (Å²) in [5.74, 6) is 1.14. The van der Waals surface area contributed by atoms with Gasteiger partial charge in [0.15, 0.2) is 0 Å². The highest BCUT2D eigenvalue weighted by Gasteiger charge is 2.32. The molecule has 0 spiro atoms. The molecule has 0 bridgehead atoms. The van der Waals surface area contributed by atoms with Crippen LogP contribution in [0.2, 0.25) is 0 Å². The lowest BCUT2D eigenvalue weighted by Crippen LogP contribution is -2.56. The monoisotopic (exact) mass is 430 g/mol. The maximum absolute atomic E-state index is 13.7. The van der Waals surface area contributed by atoms with Crippen LogP contribution >= 0.6 is 0 Å². The average molecular weight is 430 g/mol. The number of carbonyl (C=O) groups is 1. The third-order valence-corrected chi connectivity index (χ3v) is 5.27. The Bertz CT molecular complexity index is 1220. The fourth-order valence-corrected chi connectivity index (χ4v) is 3.46. The second kappa shape index (κ2) is 8.58. The molecular weight excluding hydrogens is 411 g/mol. The molecule has 1 amide bonds. The van der Waals surface area contributed by atoms with E-state index < -0.39 is 0 Å². The van der Waals surface area contributed by atoms with Crippen LogP contribution in [0.3, 0.4) is 0 Å². The second-order valence-electron chi connectivity index (χ2n) is 7.49. The van der Waals surface area contributed by atoms with Crippen LogP contribution in [0.25, 0.3) is 22.8 Å². The van der Waals surface area contributed by atoms with Crippen LogP contribution in [0, 0.1) is 5.82 Å². The average Bonchev–Trinajstić information content (AvgIpc) is 3.29. The zero-order chi connectivity index (χ0) is 21.9. The Hall–Kier alpha value is -4.07. The van der Waals surface area contributed by atoms with E-state index in [2.05, 4.69) is 15.1 Å². The zero-order valence-electron chi connectivity index (χ0n) is 17.0. The Balaban J connectivity index is 1.15. The number of aromatic nitrogens is 3. The van der Waals surface area contributed by atoms with Gasteiger partial charge in [0.1, 0.15) is 17.7 Å². The van der Waals surface area contributed by atoms with Crippen molar-refractivity contribution in [3.8, 4) is 28.6 Å². The van der Waals surface area contributed by atoms with Crippen LogP contribution in [0.4, 0.5) is 4.39 Å². The van der Waals surface area contributed by atoms with Crippen molar-refractivity contribution in [3.05, 3.63) is 84.4 Å². The lowest BCUT2D eigenvalue weighted by atomic mass is 10.1. The zero-order valence-corrected chi connectivity index (χ0v) is 17.0. The maximum Gasteiger partial charge on any atom is 0.258 e. The van der Waals surface area contributed by atoms with E-state index in [4.69, 9.17) is 9.26 Å². The summed E-state index contributed by atoms with van der Waals surface area (Å²) in [7, 11) is 0. The molecule has 1 saturated heterocycles. The number of rotatable bonds is 6. The minimum absolute atomic E-state index is 0.0558. The molecule has 3 heterocycles. The highest BCUT2D eigenvalue weighted by Crippen LogP contribution is 2.25. The molecule has 4 aromatic rings. The summed E-state index contributed by atoms with van der Waals surface area (Å²) in [6.07, 6.45) is 3.30. The van der Waals surface area contributed by atoms with Gasteiger partial charge in [-0.05, 0) is 48.0 Å². The van der Waals surface area contributed by atoms with Gasteiger partial charge in [-0.15, -0.1) is 0 Å². The molecular formula is C24H19FN4O3. The Morgan fingerprint density at radius 3 is 2.53 bits per heavy atom. The van der Waals surface area contributed by atoms with Gasteiger partial charge < -0.3 is 14.2 Å². The smallest absolute Gasteiger partial charge is 0.258 e. The molecule has 0 saturated carbocycles. The molecule has 0 unspecified atom stereocenters. The van der Waals surface area contributed by atoms with Crippen LogP contribution in [-0.4, -0.2) is 45.1 Å². The Kier molecular flexibility index (Phi) is 5.33. The largest absolute Gasteiger partial charge is 0.487 e. The topological polar surface area (TPSA) is 81.4 Å². The molecule has 1 aliphatic rings. The molecule has 0 N–H and O–H groups in total. The molecule has 0 aliphatic carbocycles. The number of halogens is 1. The minimum Gasteiger partial charge on any atom is -0.487 e. The fraction of sp³-hybridized carbons (Fsp3) is 0.167. The van der Waals surface area contributed by atoms with Gasteiger partial charge in [0.05, 0.1) is 19.5 Å². The number of nitrogens with zero attached hydrogens (tertiary/aromatic N) is 4. The third-order valence-electron chi connectivity index (χ3n) is 5.27. The van der Waals surface area contributed by atoms with Crippen molar-refractivity contribution >= 4 is 5.91 Å². The summed E-state index contributed by atoms with van der Waals surface area (Å²) in [6.45, 7) is 0.963. The number of carbonyl (C=O) groups excluding carboxylic acids is 1. The Labute approximate surface area is 183 Å². The van der Waals surface area contributed by atoms with Crippen LogP contribution in [0.5, 0.6) is 5.75 Å². The normalized spacial score (nSPS) is 13.6. The SMILES string of the molecule is O=C(Cc1ccccc1F)N1CC(Oc2ccc(-c3noc(-c4ccncc4)n3)cc2)C1. The summed E-state index contributed by atoms with van der Waals surface area (Å²) in [4.78, 5) is 22.4. The van der Waals surface area contributed by atoms with Gasteiger partial charge in [0.2, 0.25) is 11.7 Å². The number of pyridine rings is 1. The molecule has 0 atom stereocenters. The first-order valence-corrected chi connectivity index (χ1v) is 10.2. The molecule has 0 radical (unpaired) electrons. The number of likely N-dealkylation sites (tertiary alicyclic amines) is 1. The summed E-state index contributed by atoms with van der Waals surface area (Å²) in [5.41, 5.74) is 2.01. The van der Waals surface area contributed by atoms with Crippen LogP contribution in [0.1, 0.15) is 5.56 Å². The predicted molar refractivity (Wildman–Crippen MR) is 114 cm³/mol. The van der Waals surface area contributed by atoms with Crippen molar-refractivity contribution in [2.75, 3.05) is 13.1 Å². The van der Waals surface area contributed by atoms with Crippen LogP contribution in [0.15, 0.2) is 77.6 Å². The Morgan fingerprint density at radius 1 is 1.03 bits per heavy atom.